The van der Waals surface area contributed by atoms with Crippen LogP contribution in [0.2, 0.25) is 0 Å². The first-order valence-corrected chi connectivity index (χ1v) is 10.2. The van der Waals surface area contributed by atoms with E-state index < -0.39 is 0 Å². The summed E-state index contributed by atoms with van der Waals surface area (Å²) in [5.74, 6) is 0. The van der Waals surface area contributed by atoms with Gasteiger partial charge in [0.05, 0.1) is 12.1 Å². The summed E-state index contributed by atoms with van der Waals surface area (Å²) >= 11 is 0. The number of unbranched alkanes of at least 4 members (excludes halogenated alkanes) is 6. The number of nitrogens with zero attached hydrogens (tertiary/aromatic N) is 2. The van der Waals surface area contributed by atoms with Gasteiger partial charge in [-0.3, -0.25) is 0 Å². The smallest absolute Gasteiger partial charge is 0.0624 e. The SMILES string of the molecule is CC/C=C\CCC/C=C\CCC#N.CCC=CCCCC=CCCC#N. The monoisotopic (exact) mass is 354 g/mol. The first-order chi connectivity index (χ1) is 12.8. The third-order valence-electron chi connectivity index (χ3n) is 3.47. The molecule has 0 spiro atoms. The minimum atomic E-state index is 0.645. The third kappa shape index (κ3) is 29.9. The van der Waals surface area contributed by atoms with E-state index in [1.165, 1.54) is 25.7 Å². The summed E-state index contributed by atoms with van der Waals surface area (Å²) in [5.41, 5.74) is 0. The van der Waals surface area contributed by atoms with Gasteiger partial charge in [0, 0.05) is 12.8 Å². The highest BCUT2D eigenvalue weighted by atomic mass is 14.2. The maximum Gasteiger partial charge on any atom is 0.0624 e. The normalized spacial score (nSPS) is 11.1. The molecule has 0 aliphatic heterocycles. The minimum absolute atomic E-state index is 0.645. The number of rotatable bonds is 14. The molecule has 2 nitrogen and oxygen atoms in total. The standard InChI is InChI=1S/2C12H19N/c2*1-2-3-4-5-6-7-8-9-10-11-12-13/h2*3-4,8-9H,2,5-7,10-11H2,1H3/b4-3-,9-8-;. The molecule has 0 heterocycles. The molecular weight excluding hydrogens is 316 g/mol. The van der Waals surface area contributed by atoms with Gasteiger partial charge in [-0.25, -0.2) is 0 Å². The zero-order chi connectivity index (χ0) is 19.6. The van der Waals surface area contributed by atoms with Crippen LogP contribution in [0.25, 0.3) is 0 Å². The summed E-state index contributed by atoms with van der Waals surface area (Å²) in [6, 6.07) is 4.25. The molecule has 0 rings (SSSR count). The highest BCUT2D eigenvalue weighted by molar-refractivity contribution is 4.88. The van der Waals surface area contributed by atoms with Gasteiger partial charge in [-0.15, -0.1) is 0 Å². The van der Waals surface area contributed by atoms with E-state index in [0.29, 0.717) is 12.8 Å². The summed E-state index contributed by atoms with van der Waals surface area (Å²) in [5, 5.41) is 16.5. The van der Waals surface area contributed by atoms with Crippen LogP contribution in [0.3, 0.4) is 0 Å². The van der Waals surface area contributed by atoms with E-state index in [1.54, 1.807) is 0 Å². The summed E-state index contributed by atoms with van der Waals surface area (Å²) in [6.07, 6.45) is 29.9. The lowest BCUT2D eigenvalue weighted by Crippen LogP contribution is -1.70. The Morgan fingerprint density at radius 3 is 1.12 bits per heavy atom. The molecule has 144 valence electrons. The van der Waals surface area contributed by atoms with E-state index >= 15 is 0 Å². The first kappa shape index (κ1) is 26.2. The minimum Gasteiger partial charge on any atom is -0.198 e. The Hall–Kier alpha value is -2.06. The van der Waals surface area contributed by atoms with Crippen LogP contribution in [0, 0.1) is 22.7 Å². The van der Waals surface area contributed by atoms with Crippen molar-refractivity contribution >= 4 is 0 Å². The van der Waals surface area contributed by atoms with Crippen molar-refractivity contribution in [2.24, 2.45) is 0 Å². The van der Waals surface area contributed by atoms with E-state index in [9.17, 15) is 0 Å². The fraction of sp³-hybridized carbons (Fsp3) is 0.583. The van der Waals surface area contributed by atoms with Crippen molar-refractivity contribution < 1.29 is 0 Å². The van der Waals surface area contributed by atoms with E-state index in [0.717, 1.165) is 38.5 Å². The van der Waals surface area contributed by atoms with Gasteiger partial charge in [-0.05, 0) is 64.2 Å². The largest absolute Gasteiger partial charge is 0.198 e. The summed E-state index contributed by atoms with van der Waals surface area (Å²) in [7, 11) is 0. The van der Waals surface area contributed by atoms with Crippen molar-refractivity contribution in [2.45, 2.75) is 90.9 Å². The molecule has 0 aromatic rings. The maximum absolute atomic E-state index is 8.27. The van der Waals surface area contributed by atoms with Crippen molar-refractivity contribution in [3.8, 4) is 12.1 Å². The van der Waals surface area contributed by atoms with Gasteiger partial charge in [0.25, 0.3) is 0 Å². The fourth-order valence-electron chi connectivity index (χ4n) is 2.04. The van der Waals surface area contributed by atoms with E-state index in [1.807, 2.05) is 0 Å². The molecule has 2 heteroatoms. The molecule has 0 radical (unpaired) electrons. The highest BCUT2D eigenvalue weighted by Gasteiger charge is 1.82. The lowest BCUT2D eigenvalue weighted by molar-refractivity contribution is 0.860. The lowest BCUT2D eigenvalue weighted by Gasteiger charge is -1.89. The Morgan fingerprint density at radius 1 is 0.500 bits per heavy atom. The van der Waals surface area contributed by atoms with Crippen molar-refractivity contribution in [3.63, 3.8) is 0 Å². The zero-order valence-corrected chi connectivity index (χ0v) is 17.0. The molecule has 0 aliphatic rings. The first-order valence-electron chi connectivity index (χ1n) is 10.2. The molecule has 0 fully saturated rings. The maximum atomic E-state index is 8.27. The predicted molar refractivity (Wildman–Crippen MR) is 115 cm³/mol. The Balaban J connectivity index is 0. The number of allylic oxidation sites excluding steroid dienone is 8. The van der Waals surface area contributed by atoms with Gasteiger partial charge in [-0.1, -0.05) is 62.5 Å². The highest BCUT2D eigenvalue weighted by Crippen LogP contribution is 2.01. The summed E-state index contributed by atoms with van der Waals surface area (Å²) in [4.78, 5) is 0. The molecule has 0 aliphatic carbocycles. The van der Waals surface area contributed by atoms with Gasteiger partial charge in [0.15, 0.2) is 0 Å². The van der Waals surface area contributed by atoms with Crippen molar-refractivity contribution in [1.29, 1.82) is 10.5 Å². The quantitative estimate of drug-likeness (QED) is 0.234. The van der Waals surface area contributed by atoms with Crippen LogP contribution in [0.1, 0.15) is 90.9 Å². The molecule has 26 heavy (non-hydrogen) atoms. The Bertz CT molecular complexity index is 412. The average molecular weight is 355 g/mol. The molecule has 0 atom stereocenters. The second-order valence-electron chi connectivity index (χ2n) is 5.96. The van der Waals surface area contributed by atoms with Crippen LogP contribution >= 0.6 is 0 Å². The number of hydrogen-bond acceptors (Lipinski definition) is 2. The molecule has 0 saturated carbocycles. The molecule has 0 N–H and O–H groups in total. The molecule has 0 aromatic carbocycles. The predicted octanol–water partition coefficient (Wildman–Crippen LogP) is 7.97. The topological polar surface area (TPSA) is 47.6 Å². The summed E-state index contributed by atoms with van der Waals surface area (Å²) < 4.78 is 0. The fourth-order valence-corrected chi connectivity index (χ4v) is 2.04. The molecule has 0 bridgehead atoms. The van der Waals surface area contributed by atoms with Crippen molar-refractivity contribution in [2.75, 3.05) is 0 Å². The van der Waals surface area contributed by atoms with Crippen LogP contribution in [-0.4, -0.2) is 0 Å². The number of nitriles is 2. The Labute approximate surface area is 162 Å². The van der Waals surface area contributed by atoms with Crippen LogP contribution in [0.5, 0.6) is 0 Å². The Morgan fingerprint density at radius 2 is 0.808 bits per heavy atom. The average Bonchev–Trinajstić information content (AvgIpc) is 2.66. The van der Waals surface area contributed by atoms with Crippen LogP contribution < -0.4 is 0 Å². The van der Waals surface area contributed by atoms with Gasteiger partial charge < -0.3 is 0 Å². The number of hydrogen-bond donors (Lipinski definition) is 0. The van der Waals surface area contributed by atoms with Gasteiger partial charge in [0.2, 0.25) is 0 Å². The van der Waals surface area contributed by atoms with E-state index in [2.05, 4.69) is 74.6 Å². The zero-order valence-electron chi connectivity index (χ0n) is 17.0. The van der Waals surface area contributed by atoms with Crippen molar-refractivity contribution in [1.82, 2.24) is 0 Å². The van der Waals surface area contributed by atoms with E-state index in [4.69, 9.17) is 10.5 Å². The van der Waals surface area contributed by atoms with Gasteiger partial charge >= 0.3 is 0 Å². The lowest BCUT2D eigenvalue weighted by atomic mass is 10.2. The summed E-state index contributed by atoms with van der Waals surface area (Å²) in [6.45, 7) is 4.30. The molecule has 0 aromatic heterocycles. The van der Waals surface area contributed by atoms with Gasteiger partial charge in [0.1, 0.15) is 0 Å². The molecule has 0 unspecified atom stereocenters. The van der Waals surface area contributed by atoms with Crippen LogP contribution in [0.15, 0.2) is 48.6 Å². The second-order valence-corrected chi connectivity index (χ2v) is 5.96. The van der Waals surface area contributed by atoms with Crippen molar-refractivity contribution in [3.05, 3.63) is 48.6 Å². The van der Waals surface area contributed by atoms with Gasteiger partial charge in [-0.2, -0.15) is 10.5 Å². The molecule has 0 amide bonds. The van der Waals surface area contributed by atoms with Crippen LogP contribution in [-0.2, 0) is 0 Å². The van der Waals surface area contributed by atoms with E-state index in [-0.39, 0.29) is 0 Å². The Kier molecular flexibility index (Phi) is 28.0. The van der Waals surface area contributed by atoms with Crippen LogP contribution in [0.4, 0.5) is 0 Å². The second kappa shape index (κ2) is 27.8. The molecular formula is C24H38N2. The molecule has 0 saturated heterocycles. The third-order valence-corrected chi connectivity index (χ3v) is 3.47.